The molecule has 0 aliphatic heterocycles. The Hall–Kier alpha value is -1.90. The Morgan fingerprint density at radius 2 is 2.07 bits per heavy atom. The van der Waals surface area contributed by atoms with E-state index in [1.54, 1.807) is 25.1 Å². The number of hydrogen-bond acceptors (Lipinski definition) is 2. The quantitative estimate of drug-likeness (QED) is 0.764. The average Bonchev–Trinajstić information content (AvgIpc) is 2.17. The zero-order valence-corrected chi connectivity index (χ0v) is 8.83. The summed E-state index contributed by atoms with van der Waals surface area (Å²) in [7, 11) is 0. The van der Waals surface area contributed by atoms with Crippen molar-refractivity contribution in [2.45, 2.75) is 13.8 Å². The van der Waals surface area contributed by atoms with E-state index in [9.17, 15) is 9.59 Å². The van der Waals surface area contributed by atoms with Crippen molar-refractivity contribution in [1.82, 2.24) is 5.32 Å². The van der Waals surface area contributed by atoms with Crippen molar-refractivity contribution < 1.29 is 9.59 Å². The zero-order valence-electron chi connectivity index (χ0n) is 8.83. The Balaban J connectivity index is 3.08. The van der Waals surface area contributed by atoms with Gasteiger partial charge in [-0.15, -0.1) is 0 Å². The van der Waals surface area contributed by atoms with Gasteiger partial charge in [0.15, 0.2) is 5.78 Å². The summed E-state index contributed by atoms with van der Waals surface area (Å²) in [6, 6.07) is 5.00. The summed E-state index contributed by atoms with van der Waals surface area (Å²) in [5.41, 5.74) is 1.95. The van der Waals surface area contributed by atoms with Crippen LogP contribution in [0.1, 0.15) is 33.2 Å². The molecule has 1 rings (SSSR count). The first-order valence-corrected chi connectivity index (χ1v) is 4.59. The van der Waals surface area contributed by atoms with E-state index in [1.165, 1.54) is 13.1 Å². The number of hydrogen-bond donors (Lipinski definition) is 1. The maximum absolute atomic E-state index is 11.5. The van der Waals surface area contributed by atoms with Gasteiger partial charge in [0.2, 0.25) is 0 Å². The number of carbonyl (C=O) groups excluding carboxylic acids is 2. The second-order valence-electron chi connectivity index (χ2n) is 3.26. The third-order valence-electron chi connectivity index (χ3n) is 2.11. The van der Waals surface area contributed by atoms with Crippen LogP contribution in [0.25, 0.3) is 0 Å². The molecular weight excluding hydrogens is 190 g/mol. The van der Waals surface area contributed by atoms with Gasteiger partial charge in [0.25, 0.3) is 5.91 Å². The van der Waals surface area contributed by atoms with Gasteiger partial charge < -0.3 is 5.32 Å². The minimum atomic E-state index is -0.211. The van der Waals surface area contributed by atoms with E-state index in [0.717, 1.165) is 5.56 Å². The smallest absolute Gasteiger partial charge is 0.255 e. The SMILES string of the molecule is C=CNC(=O)c1ccc(C(C)=O)cc1C. The molecule has 1 aromatic carbocycles. The molecule has 1 amide bonds. The van der Waals surface area contributed by atoms with E-state index in [-0.39, 0.29) is 11.7 Å². The van der Waals surface area contributed by atoms with Crippen LogP contribution in [0.4, 0.5) is 0 Å². The second kappa shape index (κ2) is 4.55. The molecule has 3 heteroatoms. The van der Waals surface area contributed by atoms with Crippen LogP contribution in [0.5, 0.6) is 0 Å². The van der Waals surface area contributed by atoms with E-state index >= 15 is 0 Å². The minimum Gasteiger partial charge on any atom is -0.329 e. The lowest BCUT2D eigenvalue weighted by Crippen LogP contribution is -2.17. The fourth-order valence-electron chi connectivity index (χ4n) is 1.31. The molecule has 0 spiro atoms. The summed E-state index contributed by atoms with van der Waals surface area (Å²) < 4.78 is 0. The number of Topliss-reactive ketones (excluding diaryl/α,β-unsaturated/α-hetero) is 1. The van der Waals surface area contributed by atoms with Gasteiger partial charge >= 0.3 is 0 Å². The molecule has 0 aromatic heterocycles. The molecule has 0 unspecified atom stereocenters. The molecule has 0 heterocycles. The summed E-state index contributed by atoms with van der Waals surface area (Å²) in [5, 5.41) is 2.49. The molecule has 3 nitrogen and oxygen atoms in total. The lowest BCUT2D eigenvalue weighted by Gasteiger charge is -2.05. The van der Waals surface area contributed by atoms with Gasteiger partial charge in [-0.05, 0) is 37.7 Å². The third kappa shape index (κ3) is 2.53. The molecule has 0 saturated heterocycles. The average molecular weight is 203 g/mol. The van der Waals surface area contributed by atoms with Gasteiger partial charge in [0.1, 0.15) is 0 Å². The number of nitrogens with one attached hydrogen (secondary N) is 1. The monoisotopic (exact) mass is 203 g/mol. The highest BCUT2D eigenvalue weighted by Gasteiger charge is 2.08. The van der Waals surface area contributed by atoms with Crippen LogP contribution in [0, 0.1) is 6.92 Å². The molecule has 0 aliphatic carbocycles. The Morgan fingerprint density at radius 1 is 1.40 bits per heavy atom. The highest BCUT2D eigenvalue weighted by molar-refractivity contribution is 5.99. The standard InChI is InChI=1S/C12H13NO2/c1-4-13-12(15)11-6-5-10(9(3)14)7-8(11)2/h4-7H,1H2,2-3H3,(H,13,15). The van der Waals surface area contributed by atoms with Crippen LogP contribution in [-0.4, -0.2) is 11.7 Å². The van der Waals surface area contributed by atoms with E-state index in [4.69, 9.17) is 0 Å². The lowest BCUT2D eigenvalue weighted by molar-refractivity contribution is 0.0966. The van der Waals surface area contributed by atoms with E-state index in [0.29, 0.717) is 11.1 Å². The topological polar surface area (TPSA) is 46.2 Å². The number of ketones is 1. The molecule has 15 heavy (non-hydrogen) atoms. The molecule has 0 saturated carbocycles. The van der Waals surface area contributed by atoms with Crippen molar-refractivity contribution in [1.29, 1.82) is 0 Å². The van der Waals surface area contributed by atoms with Crippen molar-refractivity contribution in [3.05, 3.63) is 47.7 Å². The second-order valence-corrected chi connectivity index (χ2v) is 3.26. The minimum absolute atomic E-state index is 0.00576. The van der Waals surface area contributed by atoms with E-state index in [2.05, 4.69) is 11.9 Å². The Kier molecular flexibility index (Phi) is 3.39. The normalized spacial score (nSPS) is 9.47. The Labute approximate surface area is 88.8 Å². The molecule has 78 valence electrons. The molecule has 0 radical (unpaired) electrons. The van der Waals surface area contributed by atoms with Crippen molar-refractivity contribution in [2.75, 3.05) is 0 Å². The third-order valence-corrected chi connectivity index (χ3v) is 2.11. The van der Waals surface area contributed by atoms with Gasteiger partial charge in [-0.1, -0.05) is 12.6 Å². The molecule has 0 atom stereocenters. The van der Waals surface area contributed by atoms with E-state index in [1.807, 2.05) is 0 Å². The maximum Gasteiger partial charge on any atom is 0.255 e. The number of aryl methyl sites for hydroxylation is 1. The zero-order chi connectivity index (χ0) is 11.4. The van der Waals surface area contributed by atoms with Crippen LogP contribution in [-0.2, 0) is 0 Å². The van der Waals surface area contributed by atoms with E-state index < -0.39 is 0 Å². The highest BCUT2D eigenvalue weighted by Crippen LogP contribution is 2.11. The predicted octanol–water partition coefficient (Wildman–Crippen LogP) is 2.07. The Bertz CT molecular complexity index is 422. The molecule has 1 aromatic rings. The fourth-order valence-corrected chi connectivity index (χ4v) is 1.31. The van der Waals surface area contributed by atoms with Crippen molar-refractivity contribution in [3.8, 4) is 0 Å². The van der Waals surface area contributed by atoms with Crippen LogP contribution >= 0.6 is 0 Å². The molecule has 1 N–H and O–H groups in total. The first-order valence-electron chi connectivity index (χ1n) is 4.59. The number of carbonyl (C=O) groups is 2. The van der Waals surface area contributed by atoms with Gasteiger partial charge in [0.05, 0.1) is 0 Å². The van der Waals surface area contributed by atoms with Crippen LogP contribution < -0.4 is 5.32 Å². The highest BCUT2D eigenvalue weighted by atomic mass is 16.1. The summed E-state index contributed by atoms with van der Waals surface area (Å²) >= 11 is 0. The predicted molar refractivity (Wildman–Crippen MR) is 58.8 cm³/mol. The number of amides is 1. The number of rotatable bonds is 3. The summed E-state index contributed by atoms with van der Waals surface area (Å²) in [6.07, 6.45) is 1.33. The van der Waals surface area contributed by atoms with Crippen LogP contribution in [0.2, 0.25) is 0 Å². The molecular formula is C12H13NO2. The van der Waals surface area contributed by atoms with Gasteiger partial charge in [-0.25, -0.2) is 0 Å². The van der Waals surface area contributed by atoms with Gasteiger partial charge in [-0.2, -0.15) is 0 Å². The molecule has 0 fully saturated rings. The van der Waals surface area contributed by atoms with Crippen molar-refractivity contribution >= 4 is 11.7 Å². The first kappa shape index (κ1) is 11.2. The first-order chi connectivity index (χ1) is 7.06. The largest absolute Gasteiger partial charge is 0.329 e. The molecule has 0 bridgehead atoms. The van der Waals surface area contributed by atoms with Crippen molar-refractivity contribution in [2.24, 2.45) is 0 Å². The lowest BCUT2D eigenvalue weighted by atomic mass is 10.0. The maximum atomic E-state index is 11.5. The Morgan fingerprint density at radius 3 is 2.53 bits per heavy atom. The molecule has 0 aliphatic rings. The fraction of sp³-hybridized carbons (Fsp3) is 0.167. The summed E-state index contributed by atoms with van der Waals surface area (Å²) in [6.45, 7) is 6.71. The summed E-state index contributed by atoms with van der Waals surface area (Å²) in [4.78, 5) is 22.6. The van der Waals surface area contributed by atoms with Gasteiger partial charge in [-0.3, -0.25) is 9.59 Å². The number of benzene rings is 1. The van der Waals surface area contributed by atoms with Crippen LogP contribution in [0.3, 0.4) is 0 Å². The van der Waals surface area contributed by atoms with Crippen LogP contribution in [0.15, 0.2) is 31.0 Å². The van der Waals surface area contributed by atoms with Crippen molar-refractivity contribution in [3.63, 3.8) is 0 Å². The summed E-state index contributed by atoms with van der Waals surface area (Å²) in [5.74, 6) is -0.216. The van der Waals surface area contributed by atoms with Gasteiger partial charge in [0, 0.05) is 11.1 Å².